The molecule has 104 valence electrons. The van der Waals surface area contributed by atoms with Gasteiger partial charge in [-0.1, -0.05) is 43.3 Å². The zero-order valence-corrected chi connectivity index (χ0v) is 12.4. The Bertz CT molecular complexity index is 599. The van der Waals surface area contributed by atoms with E-state index in [0.717, 1.165) is 23.2 Å². The van der Waals surface area contributed by atoms with Crippen molar-refractivity contribution in [3.05, 3.63) is 64.7 Å². The summed E-state index contributed by atoms with van der Waals surface area (Å²) in [7, 11) is 0. The summed E-state index contributed by atoms with van der Waals surface area (Å²) >= 11 is 0. The van der Waals surface area contributed by atoms with Crippen LogP contribution in [-0.2, 0) is 6.42 Å². The zero-order chi connectivity index (χ0) is 14.5. The Labute approximate surface area is 120 Å². The molecule has 0 spiro atoms. The van der Waals surface area contributed by atoms with Crippen LogP contribution in [0.2, 0.25) is 0 Å². The molecule has 0 aliphatic carbocycles. The molecular weight excluding hydrogens is 246 g/mol. The normalized spacial score (nSPS) is 10.3. The van der Waals surface area contributed by atoms with Gasteiger partial charge >= 0.3 is 0 Å². The number of anilines is 1. The third kappa shape index (κ3) is 3.47. The molecule has 0 radical (unpaired) electrons. The summed E-state index contributed by atoms with van der Waals surface area (Å²) in [6.45, 7) is 6.53. The van der Waals surface area contributed by atoms with Crippen LogP contribution in [0.5, 0.6) is 0 Å². The van der Waals surface area contributed by atoms with Gasteiger partial charge in [0, 0.05) is 11.3 Å². The van der Waals surface area contributed by atoms with Crippen molar-refractivity contribution < 1.29 is 4.79 Å². The molecule has 0 saturated carbocycles. The van der Waals surface area contributed by atoms with Crippen LogP contribution in [0.4, 0.5) is 5.69 Å². The summed E-state index contributed by atoms with van der Waals surface area (Å²) in [5.41, 5.74) is 5.40. The second-order valence-corrected chi connectivity index (χ2v) is 5.15. The summed E-state index contributed by atoms with van der Waals surface area (Å²) in [4.78, 5) is 12.2. The van der Waals surface area contributed by atoms with E-state index in [1.165, 1.54) is 11.1 Å². The number of ketones is 1. The van der Waals surface area contributed by atoms with Gasteiger partial charge in [0.2, 0.25) is 0 Å². The molecule has 20 heavy (non-hydrogen) atoms. The number of carbonyl (C=O) groups excluding carboxylic acids is 1. The molecule has 2 nitrogen and oxygen atoms in total. The number of hydrogen-bond donors (Lipinski definition) is 1. The van der Waals surface area contributed by atoms with E-state index in [2.05, 4.69) is 37.4 Å². The second kappa shape index (κ2) is 6.38. The molecule has 0 aliphatic rings. The maximum Gasteiger partial charge on any atom is 0.181 e. The van der Waals surface area contributed by atoms with Crippen LogP contribution in [0.1, 0.15) is 34.0 Å². The van der Waals surface area contributed by atoms with E-state index in [1.807, 2.05) is 31.2 Å². The summed E-state index contributed by atoms with van der Waals surface area (Å²) in [5, 5.41) is 3.23. The van der Waals surface area contributed by atoms with Gasteiger partial charge in [-0.15, -0.1) is 0 Å². The lowest BCUT2D eigenvalue weighted by Crippen LogP contribution is -2.14. The van der Waals surface area contributed by atoms with E-state index in [4.69, 9.17) is 0 Å². The molecule has 0 unspecified atom stereocenters. The maximum atomic E-state index is 12.2. The molecule has 1 N–H and O–H groups in total. The van der Waals surface area contributed by atoms with Crippen LogP contribution < -0.4 is 5.32 Å². The molecule has 2 heteroatoms. The predicted octanol–water partition coefficient (Wildman–Crippen LogP) is 4.16. The Morgan fingerprint density at radius 1 is 1.05 bits per heavy atom. The smallest absolute Gasteiger partial charge is 0.181 e. The molecule has 0 saturated heterocycles. The topological polar surface area (TPSA) is 29.1 Å². The number of benzene rings is 2. The molecule has 0 bridgehead atoms. The zero-order valence-electron chi connectivity index (χ0n) is 12.4. The molecule has 0 fully saturated rings. The summed E-state index contributed by atoms with van der Waals surface area (Å²) in [6, 6.07) is 14.1. The van der Waals surface area contributed by atoms with Gasteiger partial charge in [0.15, 0.2) is 5.78 Å². The van der Waals surface area contributed by atoms with E-state index in [0.29, 0.717) is 6.54 Å². The van der Waals surface area contributed by atoms with E-state index in [1.54, 1.807) is 0 Å². The van der Waals surface area contributed by atoms with Crippen molar-refractivity contribution >= 4 is 11.5 Å². The van der Waals surface area contributed by atoms with Crippen LogP contribution in [0.15, 0.2) is 42.5 Å². The highest BCUT2D eigenvalue weighted by molar-refractivity contribution is 5.99. The first-order valence-electron chi connectivity index (χ1n) is 7.03. The second-order valence-electron chi connectivity index (χ2n) is 5.15. The lowest BCUT2D eigenvalue weighted by Gasteiger charge is -2.10. The van der Waals surface area contributed by atoms with Crippen LogP contribution in [0, 0.1) is 13.8 Å². The van der Waals surface area contributed by atoms with Crippen molar-refractivity contribution in [1.29, 1.82) is 0 Å². The number of carbonyl (C=O) groups is 1. The monoisotopic (exact) mass is 267 g/mol. The minimum absolute atomic E-state index is 0.119. The standard InChI is InChI=1S/C18H21NO/c1-4-15-7-9-16(10-8-15)18(20)12-19-17-11-13(2)5-6-14(17)3/h5-11,19H,4,12H2,1-3H3. The SMILES string of the molecule is CCc1ccc(C(=O)CNc2cc(C)ccc2C)cc1. The van der Waals surface area contributed by atoms with Crippen LogP contribution in [-0.4, -0.2) is 12.3 Å². The van der Waals surface area contributed by atoms with Gasteiger partial charge in [-0.05, 0) is 43.0 Å². The van der Waals surface area contributed by atoms with Gasteiger partial charge in [0.1, 0.15) is 0 Å². The Morgan fingerprint density at radius 2 is 1.75 bits per heavy atom. The Balaban J connectivity index is 2.02. The van der Waals surface area contributed by atoms with Crippen molar-refractivity contribution in [1.82, 2.24) is 0 Å². The van der Waals surface area contributed by atoms with Crippen molar-refractivity contribution in [2.45, 2.75) is 27.2 Å². The Kier molecular flexibility index (Phi) is 4.57. The Morgan fingerprint density at radius 3 is 2.40 bits per heavy atom. The van der Waals surface area contributed by atoms with Crippen molar-refractivity contribution in [3.63, 3.8) is 0 Å². The first-order valence-corrected chi connectivity index (χ1v) is 7.03. The molecular formula is C18H21NO. The fourth-order valence-corrected chi connectivity index (χ4v) is 2.13. The van der Waals surface area contributed by atoms with Gasteiger partial charge in [0.25, 0.3) is 0 Å². The van der Waals surface area contributed by atoms with Gasteiger partial charge < -0.3 is 5.32 Å². The minimum atomic E-state index is 0.119. The third-order valence-electron chi connectivity index (χ3n) is 3.52. The first-order chi connectivity index (χ1) is 9.60. The quantitative estimate of drug-likeness (QED) is 0.824. The van der Waals surface area contributed by atoms with E-state index in [-0.39, 0.29) is 5.78 Å². The van der Waals surface area contributed by atoms with E-state index < -0.39 is 0 Å². The number of Topliss-reactive ketones (excluding diaryl/α,β-unsaturated/α-hetero) is 1. The molecule has 0 aromatic heterocycles. The van der Waals surface area contributed by atoms with Crippen LogP contribution in [0.25, 0.3) is 0 Å². The minimum Gasteiger partial charge on any atom is -0.377 e. The lowest BCUT2D eigenvalue weighted by atomic mass is 10.1. The highest BCUT2D eigenvalue weighted by Crippen LogP contribution is 2.16. The van der Waals surface area contributed by atoms with Gasteiger partial charge in [-0.2, -0.15) is 0 Å². The maximum absolute atomic E-state index is 12.2. The number of hydrogen-bond acceptors (Lipinski definition) is 2. The third-order valence-corrected chi connectivity index (χ3v) is 3.52. The summed E-state index contributed by atoms with van der Waals surface area (Å²) < 4.78 is 0. The fourth-order valence-electron chi connectivity index (χ4n) is 2.13. The number of rotatable bonds is 5. The molecule has 2 aromatic carbocycles. The van der Waals surface area contributed by atoms with Crippen molar-refractivity contribution in [2.24, 2.45) is 0 Å². The molecule has 0 heterocycles. The van der Waals surface area contributed by atoms with Gasteiger partial charge in [0.05, 0.1) is 6.54 Å². The van der Waals surface area contributed by atoms with Crippen molar-refractivity contribution in [3.8, 4) is 0 Å². The predicted molar refractivity (Wildman–Crippen MR) is 84.6 cm³/mol. The molecule has 2 aromatic rings. The van der Waals surface area contributed by atoms with Crippen LogP contribution in [0.3, 0.4) is 0 Å². The molecule has 0 amide bonds. The molecule has 0 aliphatic heterocycles. The van der Waals surface area contributed by atoms with Gasteiger partial charge in [-0.3, -0.25) is 4.79 Å². The first kappa shape index (κ1) is 14.3. The lowest BCUT2D eigenvalue weighted by molar-refractivity contribution is 0.101. The average molecular weight is 267 g/mol. The Hall–Kier alpha value is -2.09. The summed E-state index contributed by atoms with van der Waals surface area (Å²) in [5.74, 6) is 0.119. The summed E-state index contributed by atoms with van der Waals surface area (Å²) in [6.07, 6.45) is 0.995. The highest BCUT2D eigenvalue weighted by atomic mass is 16.1. The molecule has 2 rings (SSSR count). The van der Waals surface area contributed by atoms with Crippen LogP contribution >= 0.6 is 0 Å². The van der Waals surface area contributed by atoms with Gasteiger partial charge in [-0.25, -0.2) is 0 Å². The van der Waals surface area contributed by atoms with E-state index >= 15 is 0 Å². The van der Waals surface area contributed by atoms with E-state index in [9.17, 15) is 4.79 Å². The van der Waals surface area contributed by atoms with Crippen molar-refractivity contribution in [2.75, 3.05) is 11.9 Å². The number of aryl methyl sites for hydroxylation is 3. The molecule has 0 atom stereocenters. The average Bonchev–Trinajstić information content (AvgIpc) is 2.48. The highest BCUT2D eigenvalue weighted by Gasteiger charge is 2.06. The number of nitrogens with one attached hydrogen (secondary N) is 1. The fraction of sp³-hybridized carbons (Fsp3) is 0.278. The largest absolute Gasteiger partial charge is 0.377 e.